The first-order valence-electron chi connectivity index (χ1n) is 8.09. The van der Waals surface area contributed by atoms with Crippen LogP contribution in [0.4, 0.5) is 0 Å². The van der Waals surface area contributed by atoms with Crippen molar-refractivity contribution in [1.82, 2.24) is 4.72 Å². The fraction of sp³-hybridized carbons (Fsp3) is 0.625. The fourth-order valence-electron chi connectivity index (χ4n) is 3.61. The average Bonchev–Trinajstić information content (AvgIpc) is 2.93. The van der Waals surface area contributed by atoms with E-state index in [0.717, 1.165) is 24.8 Å². The predicted octanol–water partition coefficient (Wildman–Crippen LogP) is 1.81. The smallest absolute Gasteiger partial charge is 0.229 e. The van der Waals surface area contributed by atoms with E-state index in [0.29, 0.717) is 30.6 Å². The van der Waals surface area contributed by atoms with E-state index in [9.17, 15) is 16.8 Å². The lowest BCUT2D eigenvalue weighted by Crippen LogP contribution is -2.40. The third-order valence-electron chi connectivity index (χ3n) is 4.98. The first-order chi connectivity index (χ1) is 10.8. The molecule has 5 nitrogen and oxygen atoms in total. The Bertz CT molecular complexity index is 791. The number of nitrogens with one attached hydrogen (secondary N) is 1. The molecule has 0 saturated heterocycles. The number of sulfone groups is 1. The maximum atomic E-state index is 12.5. The van der Waals surface area contributed by atoms with Gasteiger partial charge in [0.15, 0.2) is 0 Å². The Morgan fingerprint density at radius 3 is 2.26 bits per heavy atom. The molecule has 23 heavy (non-hydrogen) atoms. The molecule has 1 fully saturated rings. The zero-order valence-electron chi connectivity index (χ0n) is 13.3. The van der Waals surface area contributed by atoms with Crippen molar-refractivity contribution in [3.63, 3.8) is 0 Å². The second-order valence-corrected chi connectivity index (χ2v) is 10.7. The van der Waals surface area contributed by atoms with Crippen molar-refractivity contribution in [1.29, 1.82) is 0 Å². The van der Waals surface area contributed by atoms with Crippen molar-refractivity contribution in [3.05, 3.63) is 29.3 Å². The van der Waals surface area contributed by atoms with Gasteiger partial charge >= 0.3 is 0 Å². The van der Waals surface area contributed by atoms with Crippen LogP contribution >= 0.6 is 0 Å². The van der Waals surface area contributed by atoms with Crippen LogP contribution in [-0.4, -0.2) is 34.4 Å². The molecular formula is C16H23NO4S2. The summed E-state index contributed by atoms with van der Waals surface area (Å²) in [6.45, 7) is 0. The highest BCUT2D eigenvalue weighted by molar-refractivity contribution is 7.91. The van der Waals surface area contributed by atoms with Crippen LogP contribution in [0.25, 0.3) is 0 Å². The minimum Gasteiger partial charge on any atom is -0.229 e. The molecule has 0 amide bonds. The molecule has 1 aromatic rings. The van der Waals surface area contributed by atoms with E-state index < -0.39 is 19.9 Å². The van der Waals surface area contributed by atoms with Gasteiger partial charge in [-0.05, 0) is 68.2 Å². The maximum Gasteiger partial charge on any atom is 0.240 e. The topological polar surface area (TPSA) is 80.3 Å². The summed E-state index contributed by atoms with van der Waals surface area (Å²) in [6, 6.07) is 5.20. The minimum absolute atomic E-state index is 0.175. The number of sulfonamides is 1. The molecule has 1 saturated carbocycles. The van der Waals surface area contributed by atoms with Crippen LogP contribution in [0.1, 0.15) is 43.2 Å². The Morgan fingerprint density at radius 2 is 1.61 bits per heavy atom. The van der Waals surface area contributed by atoms with Gasteiger partial charge in [0.25, 0.3) is 0 Å². The molecule has 0 spiro atoms. The molecule has 0 bridgehead atoms. The molecule has 0 heterocycles. The molecular weight excluding hydrogens is 334 g/mol. The molecule has 0 atom stereocenters. The van der Waals surface area contributed by atoms with E-state index in [2.05, 4.69) is 4.72 Å². The summed E-state index contributed by atoms with van der Waals surface area (Å²) in [4.78, 5) is 0.323. The van der Waals surface area contributed by atoms with Gasteiger partial charge in [-0.3, -0.25) is 0 Å². The van der Waals surface area contributed by atoms with Crippen LogP contribution in [0.5, 0.6) is 0 Å². The average molecular weight is 357 g/mol. The Kier molecular flexibility index (Phi) is 4.55. The molecule has 0 aromatic heterocycles. The first-order valence-corrected chi connectivity index (χ1v) is 11.5. The minimum atomic E-state index is -3.53. The van der Waals surface area contributed by atoms with Crippen molar-refractivity contribution in [2.24, 2.45) is 0 Å². The molecule has 1 aromatic carbocycles. The third-order valence-corrected chi connectivity index (χ3v) is 8.18. The number of hydrogen-bond acceptors (Lipinski definition) is 4. The van der Waals surface area contributed by atoms with Crippen molar-refractivity contribution in [2.45, 2.75) is 61.1 Å². The van der Waals surface area contributed by atoms with Gasteiger partial charge < -0.3 is 0 Å². The predicted molar refractivity (Wildman–Crippen MR) is 89.7 cm³/mol. The summed E-state index contributed by atoms with van der Waals surface area (Å²) in [7, 11) is -6.56. The number of aryl methyl sites for hydroxylation is 2. The highest BCUT2D eigenvalue weighted by atomic mass is 32.2. The van der Waals surface area contributed by atoms with Gasteiger partial charge in [0.1, 0.15) is 9.84 Å². The molecule has 128 valence electrons. The van der Waals surface area contributed by atoms with Crippen LogP contribution in [0, 0.1) is 0 Å². The van der Waals surface area contributed by atoms with Gasteiger partial charge in [0.2, 0.25) is 10.0 Å². The molecule has 1 N–H and O–H groups in total. The Balaban J connectivity index is 1.68. The number of fused-ring (bicyclic) bond motifs is 1. The molecule has 0 aliphatic heterocycles. The van der Waals surface area contributed by atoms with Crippen molar-refractivity contribution >= 4 is 19.9 Å². The SMILES string of the molecule is CS(=O)(=O)C1CCC(NS(=O)(=O)c2ccc3c(c2)CCC3)CC1. The van der Waals surface area contributed by atoms with Crippen molar-refractivity contribution < 1.29 is 16.8 Å². The summed E-state index contributed by atoms with van der Waals surface area (Å²) in [5, 5.41) is -0.330. The second kappa shape index (κ2) is 6.18. The summed E-state index contributed by atoms with van der Waals surface area (Å²) in [6.07, 6.45) is 6.50. The van der Waals surface area contributed by atoms with Crippen molar-refractivity contribution in [2.75, 3.05) is 6.26 Å². The largest absolute Gasteiger partial charge is 0.240 e. The van der Waals surface area contributed by atoms with E-state index >= 15 is 0 Å². The number of benzene rings is 1. The van der Waals surface area contributed by atoms with Gasteiger partial charge in [-0.1, -0.05) is 6.07 Å². The monoisotopic (exact) mass is 357 g/mol. The summed E-state index contributed by atoms with van der Waals surface area (Å²) in [5.74, 6) is 0. The zero-order valence-corrected chi connectivity index (χ0v) is 14.9. The van der Waals surface area contributed by atoms with E-state index in [-0.39, 0.29) is 11.3 Å². The Morgan fingerprint density at radius 1 is 0.957 bits per heavy atom. The lowest BCUT2D eigenvalue weighted by atomic mass is 9.96. The van der Waals surface area contributed by atoms with E-state index in [1.807, 2.05) is 6.07 Å². The van der Waals surface area contributed by atoms with Gasteiger partial charge in [-0.2, -0.15) is 0 Å². The van der Waals surface area contributed by atoms with Crippen LogP contribution in [-0.2, 0) is 32.7 Å². The quantitative estimate of drug-likeness (QED) is 0.891. The molecule has 0 radical (unpaired) electrons. The Hall–Kier alpha value is -0.920. The second-order valence-electron chi connectivity index (χ2n) is 6.71. The zero-order chi connectivity index (χ0) is 16.7. The molecule has 3 rings (SSSR count). The lowest BCUT2D eigenvalue weighted by molar-refractivity contribution is 0.409. The molecule has 7 heteroatoms. The first kappa shape index (κ1) is 16.9. The van der Waals surface area contributed by atoms with Gasteiger partial charge in [-0.15, -0.1) is 0 Å². The van der Waals surface area contributed by atoms with Crippen LogP contribution in [0.2, 0.25) is 0 Å². The molecule has 2 aliphatic carbocycles. The normalized spacial score (nSPS) is 25.3. The Labute approximate surface area is 138 Å². The van der Waals surface area contributed by atoms with E-state index in [1.54, 1.807) is 12.1 Å². The fourth-order valence-corrected chi connectivity index (χ4v) is 6.10. The highest BCUT2D eigenvalue weighted by Gasteiger charge is 2.30. The highest BCUT2D eigenvalue weighted by Crippen LogP contribution is 2.27. The molecule has 2 aliphatic rings. The standard InChI is InChI=1S/C16H23NO4S2/c1-22(18,19)15-9-6-14(7-10-15)17-23(20,21)16-8-5-12-3-2-4-13(12)11-16/h5,8,11,14-15,17H,2-4,6-7,9-10H2,1H3. The maximum absolute atomic E-state index is 12.5. The summed E-state index contributed by atoms with van der Waals surface area (Å²) >= 11 is 0. The van der Waals surface area contributed by atoms with E-state index in [4.69, 9.17) is 0 Å². The van der Waals surface area contributed by atoms with E-state index in [1.165, 1.54) is 11.8 Å². The molecule has 0 unspecified atom stereocenters. The van der Waals surface area contributed by atoms with Gasteiger partial charge in [0.05, 0.1) is 10.1 Å². The van der Waals surface area contributed by atoms with Gasteiger partial charge in [-0.25, -0.2) is 21.6 Å². The van der Waals surface area contributed by atoms with Gasteiger partial charge in [0, 0.05) is 12.3 Å². The lowest BCUT2D eigenvalue weighted by Gasteiger charge is -2.27. The summed E-state index contributed by atoms with van der Waals surface area (Å²) < 4.78 is 51.0. The third kappa shape index (κ3) is 3.78. The van der Waals surface area contributed by atoms with Crippen LogP contribution < -0.4 is 4.72 Å². The van der Waals surface area contributed by atoms with Crippen LogP contribution in [0.15, 0.2) is 23.1 Å². The van der Waals surface area contributed by atoms with Crippen LogP contribution in [0.3, 0.4) is 0 Å². The summed E-state index contributed by atoms with van der Waals surface area (Å²) in [5.41, 5.74) is 2.38. The number of hydrogen-bond donors (Lipinski definition) is 1. The van der Waals surface area contributed by atoms with Crippen molar-refractivity contribution in [3.8, 4) is 0 Å². The number of rotatable bonds is 4.